The molecule has 0 saturated heterocycles. The highest BCUT2D eigenvalue weighted by Crippen LogP contribution is 2.58. The van der Waals surface area contributed by atoms with Crippen molar-refractivity contribution in [2.24, 2.45) is 0 Å². The summed E-state index contributed by atoms with van der Waals surface area (Å²) in [6, 6.07) is 27.1. The van der Waals surface area contributed by atoms with Gasteiger partial charge in [0.25, 0.3) is 0 Å². The summed E-state index contributed by atoms with van der Waals surface area (Å²) in [5.41, 5.74) is 4.13. The maximum absolute atomic E-state index is 6.09. The minimum absolute atomic E-state index is 0.118. The highest BCUT2D eigenvalue weighted by Gasteiger charge is 2.47. The van der Waals surface area contributed by atoms with Crippen molar-refractivity contribution in [3.63, 3.8) is 0 Å². The van der Waals surface area contributed by atoms with Crippen LogP contribution in [0.3, 0.4) is 0 Å². The fourth-order valence-electron chi connectivity index (χ4n) is 4.93. The standard InChI is InChI=1S/C31H42O2P/c1-6-22-32-31(33-23-7-2)21-14-24-34(28-18-11-8-15-25(28)3,29-19-12-9-16-26(29)4)30-20-13-10-17-27(30)5/h8-13,15-20,31H,6-7,14,21-24H2,1-5H3/q+1. The van der Waals surface area contributed by atoms with E-state index in [-0.39, 0.29) is 6.29 Å². The third kappa shape index (κ3) is 6.16. The van der Waals surface area contributed by atoms with Gasteiger partial charge < -0.3 is 9.47 Å². The lowest BCUT2D eigenvalue weighted by Crippen LogP contribution is -2.37. The molecule has 3 heteroatoms. The molecule has 0 bridgehead atoms. The Balaban J connectivity index is 2.10. The molecular formula is C31H42O2P+. The maximum Gasteiger partial charge on any atom is 0.157 e. The normalized spacial score (nSPS) is 11.8. The van der Waals surface area contributed by atoms with Gasteiger partial charge in [0.2, 0.25) is 0 Å². The van der Waals surface area contributed by atoms with Crippen molar-refractivity contribution in [3.8, 4) is 0 Å². The quantitative estimate of drug-likeness (QED) is 0.198. The van der Waals surface area contributed by atoms with Crippen LogP contribution in [-0.4, -0.2) is 25.7 Å². The fraction of sp³-hybridized carbons (Fsp3) is 0.419. The molecule has 0 spiro atoms. The Kier molecular flexibility index (Phi) is 10.3. The lowest BCUT2D eigenvalue weighted by atomic mass is 10.2. The van der Waals surface area contributed by atoms with Crippen LogP contribution in [0.25, 0.3) is 0 Å². The van der Waals surface area contributed by atoms with Gasteiger partial charge in [-0.2, -0.15) is 0 Å². The van der Waals surface area contributed by atoms with Crippen molar-refractivity contribution in [2.45, 2.75) is 66.6 Å². The first-order valence-corrected chi connectivity index (χ1v) is 14.8. The molecule has 0 heterocycles. The van der Waals surface area contributed by atoms with Crippen LogP contribution in [0.5, 0.6) is 0 Å². The third-order valence-electron chi connectivity index (χ3n) is 6.53. The molecule has 0 saturated carbocycles. The van der Waals surface area contributed by atoms with Gasteiger partial charge in [-0.3, -0.25) is 0 Å². The molecule has 0 unspecified atom stereocenters. The molecule has 0 aromatic heterocycles. The average Bonchev–Trinajstić information content (AvgIpc) is 2.85. The number of hydrogen-bond acceptors (Lipinski definition) is 2. The van der Waals surface area contributed by atoms with E-state index in [0.717, 1.165) is 45.1 Å². The monoisotopic (exact) mass is 477 g/mol. The molecule has 0 N–H and O–H groups in total. The van der Waals surface area contributed by atoms with E-state index in [9.17, 15) is 0 Å². The van der Waals surface area contributed by atoms with Crippen LogP contribution in [-0.2, 0) is 9.47 Å². The predicted molar refractivity (Wildman–Crippen MR) is 150 cm³/mol. The molecule has 0 atom stereocenters. The molecule has 0 radical (unpaired) electrons. The van der Waals surface area contributed by atoms with Crippen LogP contribution >= 0.6 is 7.26 Å². The van der Waals surface area contributed by atoms with Crippen LogP contribution in [0.4, 0.5) is 0 Å². The molecule has 0 amide bonds. The molecule has 34 heavy (non-hydrogen) atoms. The summed E-state index contributed by atoms with van der Waals surface area (Å²) in [6.45, 7) is 12.6. The van der Waals surface area contributed by atoms with Gasteiger partial charge in [-0.05, 0) is 74.9 Å². The number of hydrogen-bond donors (Lipinski definition) is 0. The molecule has 182 valence electrons. The van der Waals surface area contributed by atoms with E-state index >= 15 is 0 Å². The molecular weight excluding hydrogens is 435 g/mol. The summed E-state index contributed by atoms with van der Waals surface area (Å²) in [5, 5.41) is 4.50. The van der Waals surface area contributed by atoms with Crippen molar-refractivity contribution >= 4 is 23.2 Å². The van der Waals surface area contributed by atoms with Crippen molar-refractivity contribution in [3.05, 3.63) is 89.5 Å². The maximum atomic E-state index is 6.09. The zero-order valence-electron chi connectivity index (χ0n) is 21.7. The molecule has 3 aromatic rings. The summed E-state index contributed by atoms with van der Waals surface area (Å²) >= 11 is 0. The first-order chi connectivity index (χ1) is 16.5. The number of benzene rings is 3. The molecule has 2 nitrogen and oxygen atoms in total. The lowest BCUT2D eigenvalue weighted by Gasteiger charge is -2.31. The van der Waals surface area contributed by atoms with Crippen molar-refractivity contribution < 1.29 is 9.47 Å². The van der Waals surface area contributed by atoms with E-state index in [0.29, 0.717) is 0 Å². The molecule has 3 aromatic carbocycles. The molecule has 0 aliphatic heterocycles. The smallest absolute Gasteiger partial charge is 0.157 e. The van der Waals surface area contributed by atoms with Gasteiger partial charge in [0.05, 0.1) is 6.16 Å². The molecule has 0 aliphatic carbocycles. The second kappa shape index (κ2) is 13.2. The van der Waals surface area contributed by atoms with Gasteiger partial charge >= 0.3 is 0 Å². The van der Waals surface area contributed by atoms with Gasteiger partial charge in [-0.15, -0.1) is 0 Å². The Bertz CT molecular complexity index is 910. The molecule has 0 aliphatic rings. The predicted octanol–water partition coefficient (Wildman–Crippen LogP) is 6.87. The topological polar surface area (TPSA) is 18.5 Å². The molecule has 0 fully saturated rings. The zero-order valence-corrected chi connectivity index (χ0v) is 22.6. The summed E-state index contributed by atoms with van der Waals surface area (Å²) in [5.74, 6) is 0. The van der Waals surface area contributed by atoms with Crippen LogP contribution in [0.2, 0.25) is 0 Å². The van der Waals surface area contributed by atoms with E-state index in [1.165, 1.54) is 32.6 Å². The van der Waals surface area contributed by atoms with Gasteiger partial charge in [0.15, 0.2) is 6.29 Å². The highest BCUT2D eigenvalue weighted by molar-refractivity contribution is 7.96. The Morgan fingerprint density at radius 1 is 0.618 bits per heavy atom. The third-order valence-corrected chi connectivity index (χ3v) is 11.5. The van der Waals surface area contributed by atoms with Crippen molar-refractivity contribution in [2.75, 3.05) is 19.4 Å². The van der Waals surface area contributed by atoms with Crippen LogP contribution < -0.4 is 15.9 Å². The van der Waals surface area contributed by atoms with Crippen LogP contribution in [0.1, 0.15) is 56.2 Å². The van der Waals surface area contributed by atoms with Crippen molar-refractivity contribution in [1.29, 1.82) is 0 Å². The summed E-state index contributed by atoms with van der Waals surface area (Å²) in [6.07, 6.45) is 4.99. The lowest BCUT2D eigenvalue weighted by molar-refractivity contribution is -0.145. The number of ether oxygens (including phenoxy) is 2. The first-order valence-electron chi connectivity index (χ1n) is 12.8. The van der Waals surface area contributed by atoms with E-state index in [4.69, 9.17) is 9.47 Å². The van der Waals surface area contributed by atoms with Gasteiger partial charge in [0.1, 0.15) is 23.2 Å². The van der Waals surface area contributed by atoms with E-state index in [1.807, 2.05) is 0 Å². The Labute approximate surface area is 208 Å². The fourth-order valence-corrected chi connectivity index (χ4v) is 10.1. The molecule has 3 rings (SSSR count). The zero-order chi connectivity index (χ0) is 24.4. The van der Waals surface area contributed by atoms with E-state index in [2.05, 4.69) is 107 Å². The van der Waals surface area contributed by atoms with E-state index < -0.39 is 7.26 Å². The van der Waals surface area contributed by atoms with Gasteiger partial charge in [-0.1, -0.05) is 68.4 Å². The number of aryl methyl sites for hydroxylation is 3. The summed E-state index contributed by atoms with van der Waals surface area (Å²) < 4.78 is 12.2. The second-order valence-electron chi connectivity index (χ2n) is 9.21. The van der Waals surface area contributed by atoms with E-state index in [1.54, 1.807) is 0 Å². The summed E-state index contributed by atoms with van der Waals surface area (Å²) in [4.78, 5) is 0. The number of rotatable bonds is 13. The first kappa shape index (κ1) is 26.6. The largest absolute Gasteiger partial charge is 0.353 e. The highest BCUT2D eigenvalue weighted by atomic mass is 31.2. The van der Waals surface area contributed by atoms with Crippen LogP contribution in [0, 0.1) is 20.8 Å². The average molecular weight is 478 g/mol. The Morgan fingerprint density at radius 2 is 1.00 bits per heavy atom. The Morgan fingerprint density at radius 3 is 1.35 bits per heavy atom. The Hall–Kier alpha value is -1.99. The van der Waals surface area contributed by atoms with Crippen LogP contribution in [0.15, 0.2) is 72.8 Å². The van der Waals surface area contributed by atoms with Gasteiger partial charge in [-0.25, -0.2) is 0 Å². The van der Waals surface area contributed by atoms with Crippen molar-refractivity contribution in [1.82, 2.24) is 0 Å². The minimum Gasteiger partial charge on any atom is -0.353 e. The SMILES string of the molecule is CCCOC(CCC[P+](c1ccccc1C)(c1ccccc1C)c1ccccc1C)OCCC. The minimum atomic E-state index is -1.89. The second-order valence-corrected chi connectivity index (χ2v) is 12.7. The van der Waals surface area contributed by atoms with Gasteiger partial charge in [0, 0.05) is 19.6 Å². The summed E-state index contributed by atoms with van der Waals surface area (Å²) in [7, 11) is -1.89.